The van der Waals surface area contributed by atoms with E-state index in [-0.39, 0.29) is 0 Å². The third kappa shape index (κ3) is 1.71. The van der Waals surface area contributed by atoms with Gasteiger partial charge in [0.15, 0.2) is 0 Å². The number of nitrogens with zero attached hydrogens (tertiary/aromatic N) is 2. The van der Waals surface area contributed by atoms with Crippen LogP contribution in [0.25, 0.3) is 10.9 Å². The number of fused-ring (bicyclic) bond motifs is 1. The second-order valence-corrected chi connectivity index (χ2v) is 3.13. The number of benzene rings is 1. The van der Waals surface area contributed by atoms with E-state index in [1.807, 2.05) is 30.3 Å². The highest BCUT2D eigenvalue weighted by atomic mass is 14.8. The molecule has 70 valence electrons. The van der Waals surface area contributed by atoms with Gasteiger partial charge in [-0.15, -0.1) is 0 Å². The summed E-state index contributed by atoms with van der Waals surface area (Å²) in [5.41, 5.74) is 7.34. The molecule has 0 aliphatic heterocycles. The van der Waals surface area contributed by atoms with E-state index < -0.39 is 0 Å². The van der Waals surface area contributed by atoms with Crippen molar-refractivity contribution >= 4 is 22.4 Å². The maximum Gasteiger partial charge on any atom is 0.0964 e. The number of nitrogens with two attached hydrogens (primary N) is 1. The van der Waals surface area contributed by atoms with Gasteiger partial charge < -0.3 is 5.73 Å². The fourth-order valence-electron chi connectivity index (χ4n) is 1.34. The van der Waals surface area contributed by atoms with Gasteiger partial charge in [0.25, 0.3) is 0 Å². The van der Waals surface area contributed by atoms with Crippen LogP contribution in [-0.2, 0) is 0 Å². The highest BCUT2D eigenvalue weighted by Crippen LogP contribution is 2.19. The van der Waals surface area contributed by atoms with Crippen molar-refractivity contribution in [1.29, 1.82) is 0 Å². The number of hydrogen-bond acceptors (Lipinski definition) is 2. The molecule has 2 N–H and O–H groups in total. The molecule has 1 heterocycles. The van der Waals surface area contributed by atoms with Gasteiger partial charge in [-0.3, -0.25) is 4.98 Å². The van der Waals surface area contributed by atoms with Crippen LogP contribution in [0.4, 0.5) is 5.69 Å². The second-order valence-electron chi connectivity index (χ2n) is 3.13. The molecule has 0 spiro atoms. The first-order valence-corrected chi connectivity index (χ1v) is 4.41. The number of pyridine rings is 1. The number of aromatic nitrogens is 1. The maximum absolute atomic E-state index is 5.50. The Balaban J connectivity index is 2.57. The minimum atomic E-state index is 0.563. The summed E-state index contributed by atoms with van der Waals surface area (Å²) in [5.74, 6) is 0.563. The first-order valence-electron chi connectivity index (χ1n) is 4.41. The zero-order valence-electron chi connectivity index (χ0n) is 7.94. The van der Waals surface area contributed by atoms with Gasteiger partial charge in [-0.1, -0.05) is 6.07 Å². The molecule has 14 heavy (non-hydrogen) atoms. The van der Waals surface area contributed by atoms with Crippen LogP contribution in [0.1, 0.15) is 6.92 Å². The van der Waals surface area contributed by atoms with Gasteiger partial charge in [0.2, 0.25) is 0 Å². The lowest BCUT2D eigenvalue weighted by Crippen LogP contribution is -2.03. The standard InChI is InChI=1S/C11H11N3/c1-8(12)14-10-4-5-11-9(7-10)3-2-6-13-11/h2-7H,1H3,(H2,12,14). The lowest BCUT2D eigenvalue weighted by molar-refractivity contribution is 1.40. The van der Waals surface area contributed by atoms with E-state index in [1.54, 1.807) is 13.1 Å². The molecule has 2 aromatic rings. The molecule has 0 aliphatic rings. The predicted molar refractivity (Wildman–Crippen MR) is 58.7 cm³/mol. The molecule has 3 heteroatoms. The van der Waals surface area contributed by atoms with Crippen molar-refractivity contribution in [3.05, 3.63) is 36.5 Å². The Hall–Kier alpha value is -1.90. The van der Waals surface area contributed by atoms with Gasteiger partial charge in [-0.25, -0.2) is 4.99 Å². The third-order valence-corrected chi connectivity index (χ3v) is 1.89. The van der Waals surface area contributed by atoms with Gasteiger partial charge in [0, 0.05) is 11.6 Å². The van der Waals surface area contributed by atoms with E-state index in [9.17, 15) is 0 Å². The zero-order valence-corrected chi connectivity index (χ0v) is 7.94. The van der Waals surface area contributed by atoms with Crippen LogP contribution in [0.5, 0.6) is 0 Å². The number of amidine groups is 1. The number of aliphatic imine (C=N–C) groups is 1. The van der Waals surface area contributed by atoms with Crippen LogP contribution in [0.3, 0.4) is 0 Å². The van der Waals surface area contributed by atoms with Crippen molar-refractivity contribution in [2.45, 2.75) is 6.92 Å². The summed E-state index contributed by atoms with van der Waals surface area (Å²) < 4.78 is 0. The topological polar surface area (TPSA) is 51.3 Å². The van der Waals surface area contributed by atoms with E-state index in [4.69, 9.17) is 5.73 Å². The van der Waals surface area contributed by atoms with E-state index in [0.29, 0.717) is 5.84 Å². The van der Waals surface area contributed by atoms with Gasteiger partial charge in [0.05, 0.1) is 17.0 Å². The van der Waals surface area contributed by atoms with Crippen molar-refractivity contribution in [3.8, 4) is 0 Å². The fourth-order valence-corrected chi connectivity index (χ4v) is 1.34. The molecule has 0 fully saturated rings. The van der Waals surface area contributed by atoms with E-state index in [1.165, 1.54) is 0 Å². The molecule has 1 aromatic heterocycles. The maximum atomic E-state index is 5.50. The summed E-state index contributed by atoms with van der Waals surface area (Å²) >= 11 is 0. The normalized spacial score (nSPS) is 11.9. The van der Waals surface area contributed by atoms with Crippen molar-refractivity contribution in [2.75, 3.05) is 0 Å². The Bertz CT molecular complexity index is 485. The Morgan fingerprint density at radius 1 is 1.36 bits per heavy atom. The number of hydrogen-bond donors (Lipinski definition) is 1. The largest absolute Gasteiger partial charge is 0.387 e. The monoisotopic (exact) mass is 185 g/mol. The molecule has 3 nitrogen and oxygen atoms in total. The molecule has 0 unspecified atom stereocenters. The van der Waals surface area contributed by atoms with E-state index in [0.717, 1.165) is 16.6 Å². The Kier molecular flexibility index (Phi) is 2.14. The van der Waals surface area contributed by atoms with Gasteiger partial charge in [-0.05, 0) is 31.2 Å². The van der Waals surface area contributed by atoms with Crippen LogP contribution in [-0.4, -0.2) is 10.8 Å². The van der Waals surface area contributed by atoms with Crippen LogP contribution in [0.15, 0.2) is 41.5 Å². The van der Waals surface area contributed by atoms with E-state index in [2.05, 4.69) is 9.98 Å². The van der Waals surface area contributed by atoms with Crippen LogP contribution >= 0.6 is 0 Å². The molecule has 2 rings (SSSR count). The quantitative estimate of drug-likeness (QED) is 0.547. The summed E-state index contributed by atoms with van der Waals surface area (Å²) in [5, 5.41) is 1.08. The third-order valence-electron chi connectivity index (χ3n) is 1.89. The molecular formula is C11H11N3. The van der Waals surface area contributed by atoms with Crippen LogP contribution in [0.2, 0.25) is 0 Å². The predicted octanol–water partition coefficient (Wildman–Crippen LogP) is 2.24. The summed E-state index contributed by atoms with van der Waals surface area (Å²) in [7, 11) is 0. The smallest absolute Gasteiger partial charge is 0.0964 e. The number of rotatable bonds is 1. The molecule has 0 radical (unpaired) electrons. The molecule has 0 aliphatic carbocycles. The van der Waals surface area contributed by atoms with Crippen LogP contribution < -0.4 is 5.73 Å². The second kappa shape index (κ2) is 3.46. The SMILES string of the molecule is CC(N)=Nc1ccc2ncccc2c1. The average molecular weight is 185 g/mol. The summed E-state index contributed by atoms with van der Waals surface area (Å²) in [6.07, 6.45) is 1.78. The molecule has 0 amide bonds. The Morgan fingerprint density at radius 2 is 2.21 bits per heavy atom. The van der Waals surface area contributed by atoms with Gasteiger partial charge in [-0.2, -0.15) is 0 Å². The van der Waals surface area contributed by atoms with Gasteiger partial charge in [0.1, 0.15) is 0 Å². The van der Waals surface area contributed by atoms with Crippen molar-refractivity contribution < 1.29 is 0 Å². The molecule has 0 atom stereocenters. The average Bonchev–Trinajstić information content (AvgIpc) is 2.17. The first kappa shape index (κ1) is 8.69. The highest BCUT2D eigenvalue weighted by molar-refractivity contribution is 5.85. The highest BCUT2D eigenvalue weighted by Gasteiger charge is 1.94. The van der Waals surface area contributed by atoms with Crippen molar-refractivity contribution in [2.24, 2.45) is 10.7 Å². The Morgan fingerprint density at radius 3 is 3.00 bits per heavy atom. The fraction of sp³-hybridized carbons (Fsp3) is 0.0909. The summed E-state index contributed by atoms with van der Waals surface area (Å²) in [4.78, 5) is 8.40. The molecule has 1 aromatic carbocycles. The zero-order chi connectivity index (χ0) is 9.97. The first-order chi connectivity index (χ1) is 6.75. The minimum Gasteiger partial charge on any atom is -0.387 e. The van der Waals surface area contributed by atoms with E-state index >= 15 is 0 Å². The summed E-state index contributed by atoms with van der Waals surface area (Å²) in [6.45, 7) is 1.77. The lowest BCUT2D eigenvalue weighted by Gasteiger charge is -1.98. The summed E-state index contributed by atoms with van der Waals surface area (Å²) in [6, 6.07) is 9.74. The molecule has 0 saturated heterocycles. The molecular weight excluding hydrogens is 174 g/mol. The van der Waals surface area contributed by atoms with Crippen LogP contribution in [0, 0.1) is 0 Å². The lowest BCUT2D eigenvalue weighted by atomic mass is 10.2. The van der Waals surface area contributed by atoms with Gasteiger partial charge >= 0.3 is 0 Å². The molecule has 0 bridgehead atoms. The minimum absolute atomic E-state index is 0.563. The van der Waals surface area contributed by atoms with Crippen molar-refractivity contribution in [1.82, 2.24) is 4.98 Å². The van der Waals surface area contributed by atoms with Crippen molar-refractivity contribution in [3.63, 3.8) is 0 Å². The Labute approximate surface area is 82.3 Å². The molecule has 0 saturated carbocycles.